The molecule has 1 N–H and O–H groups in total. The first-order chi connectivity index (χ1) is 8.79. The van der Waals surface area contributed by atoms with Crippen molar-refractivity contribution in [2.75, 3.05) is 7.05 Å². The lowest BCUT2D eigenvalue weighted by Crippen LogP contribution is -2.08. The van der Waals surface area contributed by atoms with Crippen LogP contribution >= 0.6 is 15.9 Å². The maximum atomic E-state index is 5.82. The molecule has 0 aliphatic rings. The maximum absolute atomic E-state index is 5.82. The van der Waals surface area contributed by atoms with Gasteiger partial charge in [-0.3, -0.25) is 4.98 Å². The number of hydrogen-bond donors (Lipinski definition) is 1. The number of hydrogen-bond acceptors (Lipinski definition) is 3. The number of aromatic nitrogens is 1. The Morgan fingerprint density at radius 1 is 1.22 bits per heavy atom. The minimum absolute atomic E-state index is 0.563. The molecule has 1 aromatic heterocycles. The zero-order valence-electron chi connectivity index (χ0n) is 10.2. The number of ether oxygens (including phenoxy) is 1. The quantitative estimate of drug-likeness (QED) is 0.921. The summed E-state index contributed by atoms with van der Waals surface area (Å²) in [5.74, 6) is 0.877. The zero-order chi connectivity index (χ0) is 12.8. The predicted octanol–water partition coefficient (Wildman–Crippen LogP) is 3.14. The molecular formula is C14H15BrN2O. The van der Waals surface area contributed by atoms with Gasteiger partial charge in [-0.15, -0.1) is 0 Å². The summed E-state index contributed by atoms with van der Waals surface area (Å²) in [5, 5.41) is 3.10. The molecule has 0 saturated heterocycles. The van der Waals surface area contributed by atoms with E-state index in [1.165, 1.54) is 0 Å². The Hall–Kier alpha value is -1.39. The monoisotopic (exact) mass is 306 g/mol. The van der Waals surface area contributed by atoms with Crippen molar-refractivity contribution in [3.05, 3.63) is 58.3 Å². The lowest BCUT2D eigenvalue weighted by atomic mass is 10.2. The molecule has 0 atom stereocenters. The molecule has 0 aliphatic heterocycles. The fourth-order valence-electron chi connectivity index (χ4n) is 1.62. The molecule has 94 valence electrons. The van der Waals surface area contributed by atoms with Crippen molar-refractivity contribution in [1.82, 2.24) is 10.3 Å². The van der Waals surface area contributed by atoms with Gasteiger partial charge in [-0.2, -0.15) is 0 Å². The van der Waals surface area contributed by atoms with Gasteiger partial charge in [0.15, 0.2) is 0 Å². The molecule has 0 radical (unpaired) electrons. The molecule has 0 fully saturated rings. The van der Waals surface area contributed by atoms with E-state index in [2.05, 4.69) is 26.2 Å². The molecule has 2 aromatic rings. The number of nitrogens with one attached hydrogen (secondary N) is 1. The van der Waals surface area contributed by atoms with Gasteiger partial charge < -0.3 is 10.1 Å². The summed E-state index contributed by atoms with van der Waals surface area (Å²) in [6, 6.07) is 10.0. The summed E-state index contributed by atoms with van der Waals surface area (Å²) in [7, 11) is 1.91. The van der Waals surface area contributed by atoms with Crippen LogP contribution in [-0.4, -0.2) is 12.0 Å². The average Bonchev–Trinajstić information content (AvgIpc) is 2.40. The Morgan fingerprint density at radius 3 is 2.72 bits per heavy atom. The summed E-state index contributed by atoms with van der Waals surface area (Å²) in [6.45, 7) is 1.32. The van der Waals surface area contributed by atoms with Crippen LogP contribution in [-0.2, 0) is 13.2 Å². The minimum Gasteiger partial charge on any atom is -0.488 e. The highest BCUT2D eigenvalue weighted by Crippen LogP contribution is 2.18. The number of pyridine rings is 1. The van der Waals surface area contributed by atoms with Crippen molar-refractivity contribution in [3.63, 3.8) is 0 Å². The van der Waals surface area contributed by atoms with Crippen LogP contribution in [0.3, 0.4) is 0 Å². The third-order valence-electron chi connectivity index (χ3n) is 2.53. The molecule has 4 heteroatoms. The van der Waals surface area contributed by atoms with Crippen LogP contribution in [0.5, 0.6) is 5.75 Å². The first kappa shape index (κ1) is 13.1. The van der Waals surface area contributed by atoms with Crippen molar-refractivity contribution in [1.29, 1.82) is 0 Å². The highest BCUT2D eigenvalue weighted by Gasteiger charge is 2.03. The van der Waals surface area contributed by atoms with Crippen molar-refractivity contribution in [2.24, 2.45) is 0 Å². The summed E-state index contributed by atoms with van der Waals surface area (Å²) in [4.78, 5) is 4.10. The van der Waals surface area contributed by atoms with E-state index in [-0.39, 0.29) is 0 Å². The standard InChI is InChI=1S/C14H15BrN2O/c1-16-8-12-9-17-7-6-14(12)18-10-11-2-4-13(15)5-3-11/h2-7,9,16H,8,10H2,1H3. The van der Waals surface area contributed by atoms with E-state index in [0.717, 1.165) is 27.9 Å². The van der Waals surface area contributed by atoms with Crippen LogP contribution < -0.4 is 10.1 Å². The number of rotatable bonds is 5. The fourth-order valence-corrected chi connectivity index (χ4v) is 1.88. The molecule has 0 unspecified atom stereocenters. The van der Waals surface area contributed by atoms with Gasteiger partial charge in [0.05, 0.1) is 0 Å². The molecule has 1 aromatic carbocycles. The molecule has 18 heavy (non-hydrogen) atoms. The van der Waals surface area contributed by atoms with Crippen molar-refractivity contribution in [3.8, 4) is 5.75 Å². The molecule has 1 heterocycles. The summed E-state index contributed by atoms with van der Waals surface area (Å²) in [6.07, 6.45) is 3.57. The van der Waals surface area contributed by atoms with Gasteiger partial charge >= 0.3 is 0 Å². The Kier molecular flexibility index (Phi) is 4.73. The van der Waals surface area contributed by atoms with E-state index < -0.39 is 0 Å². The SMILES string of the molecule is CNCc1cnccc1OCc1ccc(Br)cc1. The van der Waals surface area contributed by atoms with Gasteiger partial charge in [-0.05, 0) is 30.8 Å². The van der Waals surface area contributed by atoms with Crippen LogP contribution in [0.25, 0.3) is 0 Å². The molecule has 0 bridgehead atoms. The van der Waals surface area contributed by atoms with Crippen molar-refractivity contribution in [2.45, 2.75) is 13.2 Å². The van der Waals surface area contributed by atoms with Gasteiger partial charge in [0.2, 0.25) is 0 Å². The van der Waals surface area contributed by atoms with Crippen LogP contribution in [0, 0.1) is 0 Å². The molecular weight excluding hydrogens is 292 g/mol. The fraction of sp³-hybridized carbons (Fsp3) is 0.214. The molecule has 0 saturated carbocycles. The molecule has 0 aliphatic carbocycles. The lowest BCUT2D eigenvalue weighted by Gasteiger charge is -2.10. The molecule has 3 nitrogen and oxygen atoms in total. The first-order valence-electron chi connectivity index (χ1n) is 5.74. The average molecular weight is 307 g/mol. The topological polar surface area (TPSA) is 34.2 Å². The van der Waals surface area contributed by atoms with E-state index in [9.17, 15) is 0 Å². The Labute approximate surface area is 115 Å². The molecule has 0 spiro atoms. The van der Waals surface area contributed by atoms with E-state index in [1.807, 2.05) is 43.6 Å². The van der Waals surface area contributed by atoms with Gasteiger partial charge in [-0.25, -0.2) is 0 Å². The van der Waals surface area contributed by atoms with Gasteiger partial charge in [0.25, 0.3) is 0 Å². The van der Waals surface area contributed by atoms with E-state index in [4.69, 9.17) is 4.74 Å². The van der Waals surface area contributed by atoms with Crippen molar-refractivity contribution >= 4 is 15.9 Å². The van der Waals surface area contributed by atoms with Gasteiger partial charge in [0, 0.05) is 29.0 Å². The van der Waals surface area contributed by atoms with Crippen LogP contribution in [0.1, 0.15) is 11.1 Å². The summed E-state index contributed by atoms with van der Waals surface area (Å²) >= 11 is 3.42. The lowest BCUT2D eigenvalue weighted by molar-refractivity contribution is 0.302. The van der Waals surface area contributed by atoms with E-state index in [0.29, 0.717) is 6.61 Å². The summed E-state index contributed by atoms with van der Waals surface area (Å²) in [5.41, 5.74) is 2.21. The third kappa shape index (κ3) is 3.55. The zero-order valence-corrected chi connectivity index (χ0v) is 11.8. The van der Waals surface area contributed by atoms with E-state index in [1.54, 1.807) is 6.20 Å². The summed E-state index contributed by atoms with van der Waals surface area (Å²) < 4.78 is 6.90. The second-order valence-electron chi connectivity index (χ2n) is 3.93. The number of halogens is 1. The second-order valence-corrected chi connectivity index (χ2v) is 4.84. The Morgan fingerprint density at radius 2 is 2.00 bits per heavy atom. The highest BCUT2D eigenvalue weighted by molar-refractivity contribution is 9.10. The normalized spacial score (nSPS) is 10.3. The molecule has 0 amide bonds. The van der Waals surface area contributed by atoms with Crippen molar-refractivity contribution < 1.29 is 4.74 Å². The van der Waals surface area contributed by atoms with Crippen LogP contribution in [0.4, 0.5) is 0 Å². The third-order valence-corrected chi connectivity index (χ3v) is 3.06. The largest absolute Gasteiger partial charge is 0.488 e. The van der Waals surface area contributed by atoms with E-state index >= 15 is 0 Å². The smallest absolute Gasteiger partial charge is 0.127 e. The molecule has 2 rings (SSSR count). The van der Waals surface area contributed by atoms with Crippen LogP contribution in [0.2, 0.25) is 0 Å². The van der Waals surface area contributed by atoms with Gasteiger partial charge in [0.1, 0.15) is 12.4 Å². The second kappa shape index (κ2) is 6.52. The minimum atomic E-state index is 0.563. The van der Waals surface area contributed by atoms with Crippen LogP contribution in [0.15, 0.2) is 47.2 Å². The Balaban J connectivity index is 2.03. The number of nitrogens with zero attached hydrogens (tertiary/aromatic N) is 1. The first-order valence-corrected chi connectivity index (χ1v) is 6.53. The Bertz CT molecular complexity index is 499. The maximum Gasteiger partial charge on any atom is 0.127 e. The van der Waals surface area contributed by atoms with Gasteiger partial charge in [-0.1, -0.05) is 28.1 Å². The predicted molar refractivity (Wildman–Crippen MR) is 75.5 cm³/mol. The highest BCUT2D eigenvalue weighted by atomic mass is 79.9. The number of benzene rings is 1.